The second-order valence-electron chi connectivity index (χ2n) is 3.83. The Morgan fingerprint density at radius 2 is 1.87 bits per heavy atom. The predicted octanol–water partition coefficient (Wildman–Crippen LogP) is 1.74. The lowest BCUT2D eigenvalue weighted by Crippen LogP contribution is -2.38. The molecule has 0 bridgehead atoms. The summed E-state index contributed by atoms with van der Waals surface area (Å²) in [6.07, 6.45) is 1.64. The molecule has 1 aromatic rings. The molecule has 1 saturated carbocycles. The highest BCUT2D eigenvalue weighted by atomic mass is 35.5. The van der Waals surface area contributed by atoms with Crippen molar-refractivity contribution in [2.24, 2.45) is 0 Å². The molecule has 2 rings (SSSR count). The fraction of sp³-hybridized carbons (Fsp3) is 0.400. The monoisotopic (exact) mass is 245 g/mol. The summed E-state index contributed by atoms with van der Waals surface area (Å²) in [5.41, 5.74) is -0.393. The summed E-state index contributed by atoms with van der Waals surface area (Å²) in [7, 11) is -3.40. The largest absolute Gasteiger partial charge is 0.241 e. The lowest BCUT2D eigenvalue weighted by Gasteiger charge is -2.14. The smallest absolute Gasteiger partial charge is 0.207 e. The maximum absolute atomic E-state index is 11.9. The molecular formula is C10H12ClNO2S. The van der Waals surface area contributed by atoms with Crippen molar-refractivity contribution in [2.45, 2.75) is 23.3 Å². The summed E-state index contributed by atoms with van der Waals surface area (Å²) in [4.78, 5) is 0.293. The molecule has 1 aliphatic carbocycles. The number of hydrogen-bond donors (Lipinski definition) is 1. The third kappa shape index (κ3) is 2.33. The molecule has 1 N–H and O–H groups in total. The summed E-state index contributed by atoms with van der Waals surface area (Å²) in [5, 5.41) is 0. The molecule has 15 heavy (non-hydrogen) atoms. The molecule has 3 nitrogen and oxygen atoms in total. The molecule has 0 unspecified atom stereocenters. The van der Waals surface area contributed by atoms with E-state index in [4.69, 9.17) is 11.6 Å². The van der Waals surface area contributed by atoms with Crippen LogP contribution in [0.3, 0.4) is 0 Å². The van der Waals surface area contributed by atoms with Crippen molar-refractivity contribution in [1.29, 1.82) is 0 Å². The van der Waals surface area contributed by atoms with E-state index in [2.05, 4.69) is 4.72 Å². The first-order chi connectivity index (χ1) is 7.08. The van der Waals surface area contributed by atoms with E-state index in [9.17, 15) is 8.42 Å². The lowest BCUT2D eigenvalue weighted by molar-refractivity contribution is 0.559. The van der Waals surface area contributed by atoms with Gasteiger partial charge in [-0.1, -0.05) is 18.2 Å². The summed E-state index contributed by atoms with van der Waals surface area (Å²) >= 11 is 5.72. The van der Waals surface area contributed by atoms with Crippen LogP contribution in [0.25, 0.3) is 0 Å². The van der Waals surface area contributed by atoms with E-state index in [1.54, 1.807) is 30.3 Å². The van der Waals surface area contributed by atoms with Gasteiger partial charge in [0.1, 0.15) is 0 Å². The lowest BCUT2D eigenvalue weighted by atomic mass is 10.4. The van der Waals surface area contributed by atoms with Crippen molar-refractivity contribution in [3.8, 4) is 0 Å². The van der Waals surface area contributed by atoms with E-state index in [1.165, 1.54) is 0 Å². The van der Waals surface area contributed by atoms with Gasteiger partial charge in [0.25, 0.3) is 0 Å². The van der Waals surface area contributed by atoms with Crippen LogP contribution < -0.4 is 4.72 Å². The third-order valence-electron chi connectivity index (χ3n) is 2.51. The molecule has 0 atom stereocenters. The Hall–Kier alpha value is -0.580. The van der Waals surface area contributed by atoms with Crippen LogP contribution in [-0.2, 0) is 10.0 Å². The fourth-order valence-corrected chi connectivity index (χ4v) is 3.25. The molecule has 1 fully saturated rings. The Morgan fingerprint density at radius 3 is 2.33 bits per heavy atom. The summed E-state index contributed by atoms with van der Waals surface area (Å²) < 4.78 is 26.4. The summed E-state index contributed by atoms with van der Waals surface area (Å²) in [6, 6.07) is 8.34. The van der Waals surface area contributed by atoms with Gasteiger partial charge in [-0.15, -0.1) is 11.6 Å². The Labute approximate surface area is 94.5 Å². The molecule has 0 aromatic heterocycles. The van der Waals surface area contributed by atoms with Crippen molar-refractivity contribution < 1.29 is 8.42 Å². The van der Waals surface area contributed by atoms with E-state index in [1.807, 2.05) is 0 Å². The first-order valence-corrected chi connectivity index (χ1v) is 6.75. The van der Waals surface area contributed by atoms with Crippen LogP contribution >= 0.6 is 11.6 Å². The average Bonchev–Trinajstić information content (AvgIpc) is 2.99. The minimum Gasteiger partial charge on any atom is -0.207 e. The minimum absolute atomic E-state index is 0.293. The van der Waals surface area contributed by atoms with Gasteiger partial charge >= 0.3 is 0 Å². The van der Waals surface area contributed by atoms with Gasteiger partial charge in [-0.2, -0.15) is 0 Å². The molecule has 0 radical (unpaired) electrons. The van der Waals surface area contributed by atoms with Gasteiger partial charge in [0.2, 0.25) is 10.0 Å². The van der Waals surface area contributed by atoms with Gasteiger partial charge in [-0.25, -0.2) is 13.1 Å². The Kier molecular flexibility index (Phi) is 2.75. The molecular weight excluding hydrogens is 234 g/mol. The van der Waals surface area contributed by atoms with E-state index in [0.717, 1.165) is 12.8 Å². The van der Waals surface area contributed by atoms with Crippen molar-refractivity contribution in [1.82, 2.24) is 4.72 Å². The van der Waals surface area contributed by atoms with Crippen molar-refractivity contribution >= 4 is 21.6 Å². The summed E-state index contributed by atoms with van der Waals surface area (Å²) in [6.45, 7) is 0. The third-order valence-corrected chi connectivity index (χ3v) is 4.62. The molecule has 1 aliphatic rings. The van der Waals surface area contributed by atoms with E-state index in [0.29, 0.717) is 10.8 Å². The van der Waals surface area contributed by atoms with Crippen LogP contribution in [0.2, 0.25) is 0 Å². The van der Waals surface area contributed by atoms with Crippen molar-refractivity contribution in [3.63, 3.8) is 0 Å². The topological polar surface area (TPSA) is 46.2 Å². The SMILES string of the molecule is O=S(=O)(NC1(CCl)CC1)c1ccccc1. The first-order valence-electron chi connectivity index (χ1n) is 4.73. The highest BCUT2D eigenvalue weighted by Crippen LogP contribution is 2.37. The molecule has 5 heteroatoms. The molecule has 0 heterocycles. The molecule has 0 spiro atoms. The number of hydrogen-bond acceptors (Lipinski definition) is 2. The molecule has 82 valence electrons. The normalized spacial score (nSPS) is 18.7. The maximum atomic E-state index is 11.9. The zero-order valence-corrected chi connectivity index (χ0v) is 9.68. The Bertz CT molecular complexity index is 440. The number of rotatable bonds is 4. The zero-order valence-electron chi connectivity index (χ0n) is 8.11. The maximum Gasteiger partial charge on any atom is 0.241 e. The predicted molar refractivity (Wildman–Crippen MR) is 59.4 cm³/mol. The number of alkyl halides is 1. The van der Waals surface area contributed by atoms with Gasteiger partial charge in [-0.3, -0.25) is 0 Å². The number of sulfonamides is 1. The van der Waals surface area contributed by atoms with Crippen molar-refractivity contribution in [2.75, 3.05) is 5.88 Å². The van der Waals surface area contributed by atoms with E-state index >= 15 is 0 Å². The molecule has 0 amide bonds. The minimum atomic E-state index is -3.40. The number of halogens is 1. The van der Waals surface area contributed by atoms with Gasteiger partial charge in [-0.05, 0) is 25.0 Å². The second-order valence-corrected chi connectivity index (χ2v) is 5.78. The highest BCUT2D eigenvalue weighted by molar-refractivity contribution is 7.89. The molecule has 0 saturated heterocycles. The van der Waals surface area contributed by atoms with Crippen LogP contribution in [0, 0.1) is 0 Å². The van der Waals surface area contributed by atoms with Crippen LogP contribution in [-0.4, -0.2) is 19.8 Å². The van der Waals surface area contributed by atoms with E-state index < -0.39 is 15.6 Å². The standard InChI is InChI=1S/C10H12ClNO2S/c11-8-10(6-7-10)12-15(13,14)9-4-2-1-3-5-9/h1-5,12H,6-8H2. The molecule has 1 aromatic carbocycles. The number of nitrogens with one attached hydrogen (secondary N) is 1. The van der Waals surface area contributed by atoms with Gasteiger partial charge < -0.3 is 0 Å². The van der Waals surface area contributed by atoms with Gasteiger partial charge in [0.15, 0.2) is 0 Å². The van der Waals surface area contributed by atoms with E-state index in [-0.39, 0.29) is 0 Å². The summed E-state index contributed by atoms with van der Waals surface area (Å²) in [5.74, 6) is 0.332. The van der Waals surface area contributed by atoms with Gasteiger partial charge in [0, 0.05) is 11.4 Å². The zero-order chi connectivity index (χ0) is 10.9. The average molecular weight is 246 g/mol. The van der Waals surface area contributed by atoms with Gasteiger partial charge in [0.05, 0.1) is 4.90 Å². The quantitative estimate of drug-likeness (QED) is 0.822. The van der Waals surface area contributed by atoms with Crippen LogP contribution in [0.4, 0.5) is 0 Å². The first kappa shape index (κ1) is 10.9. The Morgan fingerprint density at radius 1 is 1.27 bits per heavy atom. The fourth-order valence-electron chi connectivity index (χ4n) is 1.36. The van der Waals surface area contributed by atoms with Crippen LogP contribution in [0.5, 0.6) is 0 Å². The van der Waals surface area contributed by atoms with Crippen LogP contribution in [0.15, 0.2) is 35.2 Å². The molecule has 0 aliphatic heterocycles. The van der Waals surface area contributed by atoms with Crippen LogP contribution in [0.1, 0.15) is 12.8 Å². The highest BCUT2D eigenvalue weighted by Gasteiger charge is 2.45. The number of benzene rings is 1. The Balaban J connectivity index is 2.22. The second kappa shape index (κ2) is 3.77. The van der Waals surface area contributed by atoms with Crippen molar-refractivity contribution in [3.05, 3.63) is 30.3 Å².